The second-order valence-corrected chi connectivity index (χ2v) is 4.55. The molecule has 2 rings (SSSR count). The summed E-state index contributed by atoms with van der Waals surface area (Å²) in [4.78, 5) is 11.6. The quantitative estimate of drug-likeness (QED) is 0.919. The number of hydrogen-bond acceptors (Lipinski definition) is 2. The van der Waals surface area contributed by atoms with E-state index in [1.165, 1.54) is 6.07 Å². The summed E-state index contributed by atoms with van der Waals surface area (Å²) in [5, 5.41) is 3.19. The highest BCUT2D eigenvalue weighted by Crippen LogP contribution is 2.15. The fourth-order valence-electron chi connectivity index (χ4n) is 1.57. The van der Waals surface area contributed by atoms with E-state index >= 15 is 0 Å². The van der Waals surface area contributed by atoms with Gasteiger partial charge in [-0.15, -0.1) is 0 Å². The van der Waals surface area contributed by atoms with Gasteiger partial charge in [0.2, 0.25) is 0 Å². The smallest absolute Gasteiger partial charge is 0.258 e. The number of nitrogens with one attached hydrogen (secondary N) is 1. The average molecular weight is 294 g/mol. The van der Waals surface area contributed by atoms with Crippen molar-refractivity contribution in [1.82, 2.24) is 5.32 Å². The zero-order chi connectivity index (χ0) is 14.4. The van der Waals surface area contributed by atoms with Gasteiger partial charge < -0.3 is 10.1 Å². The van der Waals surface area contributed by atoms with Crippen LogP contribution in [0.1, 0.15) is 5.56 Å². The molecule has 2 aromatic rings. The van der Waals surface area contributed by atoms with E-state index < -0.39 is 0 Å². The molecule has 1 N–H and O–H groups in total. The average Bonchev–Trinajstić information content (AvgIpc) is 2.46. The first-order valence-electron chi connectivity index (χ1n) is 6.03. The maximum Gasteiger partial charge on any atom is 0.258 e. The van der Waals surface area contributed by atoms with Gasteiger partial charge in [-0.3, -0.25) is 4.79 Å². The summed E-state index contributed by atoms with van der Waals surface area (Å²) in [6.45, 7) is 0.00553. The van der Waals surface area contributed by atoms with Crippen LogP contribution in [0, 0.1) is 5.82 Å². The summed E-state index contributed by atoms with van der Waals surface area (Å²) in [5.74, 6) is -0.106. The van der Waals surface area contributed by atoms with Crippen LogP contribution in [-0.4, -0.2) is 12.5 Å². The minimum Gasteiger partial charge on any atom is -0.484 e. The van der Waals surface area contributed by atoms with E-state index in [2.05, 4.69) is 5.32 Å². The van der Waals surface area contributed by atoms with E-state index in [-0.39, 0.29) is 24.9 Å². The van der Waals surface area contributed by atoms with E-state index in [1.807, 2.05) is 0 Å². The first-order valence-corrected chi connectivity index (χ1v) is 6.41. The molecule has 104 valence electrons. The molecule has 0 saturated carbocycles. The van der Waals surface area contributed by atoms with Gasteiger partial charge in [-0.05, 0) is 30.3 Å². The number of benzene rings is 2. The number of hydrogen-bond donors (Lipinski definition) is 1. The maximum absolute atomic E-state index is 13.3. The van der Waals surface area contributed by atoms with E-state index in [1.54, 1.807) is 42.5 Å². The number of carbonyl (C=O) groups excluding carboxylic acids is 1. The molecule has 0 aromatic heterocycles. The monoisotopic (exact) mass is 293 g/mol. The Morgan fingerprint density at radius 2 is 1.85 bits per heavy atom. The molecule has 0 saturated heterocycles. The molecule has 0 bridgehead atoms. The van der Waals surface area contributed by atoms with Gasteiger partial charge in [-0.25, -0.2) is 4.39 Å². The Labute approximate surface area is 121 Å². The van der Waals surface area contributed by atoms with E-state index in [0.717, 1.165) is 0 Å². The van der Waals surface area contributed by atoms with Crippen molar-refractivity contribution in [3.8, 4) is 5.75 Å². The van der Waals surface area contributed by atoms with Crippen molar-refractivity contribution in [3.05, 3.63) is 64.9 Å². The maximum atomic E-state index is 13.3. The van der Waals surface area contributed by atoms with Crippen LogP contribution in [0.5, 0.6) is 5.75 Å². The summed E-state index contributed by atoms with van der Waals surface area (Å²) >= 11 is 5.74. The first-order chi connectivity index (χ1) is 9.65. The van der Waals surface area contributed by atoms with Gasteiger partial charge in [0.15, 0.2) is 6.61 Å². The Morgan fingerprint density at radius 3 is 2.55 bits per heavy atom. The van der Waals surface area contributed by atoms with Crippen LogP contribution < -0.4 is 10.1 Å². The molecule has 0 atom stereocenters. The van der Waals surface area contributed by atoms with Crippen LogP contribution in [0.4, 0.5) is 4.39 Å². The molecule has 5 heteroatoms. The van der Waals surface area contributed by atoms with Crippen molar-refractivity contribution >= 4 is 17.5 Å². The van der Waals surface area contributed by atoms with Gasteiger partial charge in [0.05, 0.1) is 0 Å². The van der Waals surface area contributed by atoms with Gasteiger partial charge >= 0.3 is 0 Å². The molecule has 0 aliphatic rings. The third kappa shape index (κ3) is 4.24. The molecule has 20 heavy (non-hydrogen) atoms. The fraction of sp³-hybridized carbons (Fsp3) is 0.133. The van der Waals surface area contributed by atoms with Gasteiger partial charge in [-0.1, -0.05) is 29.8 Å². The highest BCUT2D eigenvalue weighted by atomic mass is 35.5. The van der Waals surface area contributed by atoms with Crippen LogP contribution in [0.15, 0.2) is 48.5 Å². The fourth-order valence-corrected chi connectivity index (χ4v) is 1.69. The van der Waals surface area contributed by atoms with Crippen molar-refractivity contribution in [1.29, 1.82) is 0 Å². The third-order valence-corrected chi connectivity index (χ3v) is 2.87. The molecule has 0 heterocycles. The third-order valence-electron chi connectivity index (χ3n) is 2.62. The predicted octanol–water partition coefficient (Wildman–Crippen LogP) is 3.17. The Bertz CT molecular complexity index is 587. The Hall–Kier alpha value is -2.07. The molecule has 0 aliphatic carbocycles. The number of rotatable bonds is 5. The largest absolute Gasteiger partial charge is 0.484 e. The second-order valence-electron chi connectivity index (χ2n) is 4.11. The van der Waals surface area contributed by atoms with E-state index in [0.29, 0.717) is 16.3 Å². The summed E-state index contributed by atoms with van der Waals surface area (Å²) in [6, 6.07) is 13.0. The van der Waals surface area contributed by atoms with Gasteiger partial charge in [0.1, 0.15) is 11.6 Å². The van der Waals surface area contributed by atoms with E-state index in [4.69, 9.17) is 16.3 Å². The van der Waals surface area contributed by atoms with Crippen LogP contribution >= 0.6 is 11.6 Å². The lowest BCUT2D eigenvalue weighted by Gasteiger charge is -2.08. The number of halogens is 2. The molecule has 3 nitrogen and oxygen atoms in total. The van der Waals surface area contributed by atoms with Crippen LogP contribution in [-0.2, 0) is 11.3 Å². The van der Waals surface area contributed by atoms with Crippen molar-refractivity contribution in [2.75, 3.05) is 6.61 Å². The SMILES string of the molecule is O=C(COc1ccc(Cl)cc1)NCc1ccccc1F. The van der Waals surface area contributed by atoms with Crippen molar-refractivity contribution in [3.63, 3.8) is 0 Å². The minimum absolute atomic E-state index is 0.129. The van der Waals surface area contributed by atoms with Gasteiger partial charge in [0.25, 0.3) is 5.91 Å². The predicted molar refractivity (Wildman–Crippen MR) is 75.2 cm³/mol. The summed E-state index contributed by atoms with van der Waals surface area (Å²) in [6.07, 6.45) is 0. The minimum atomic E-state index is -0.341. The van der Waals surface area contributed by atoms with Crippen molar-refractivity contribution in [2.24, 2.45) is 0 Å². The van der Waals surface area contributed by atoms with Crippen LogP contribution in [0.2, 0.25) is 5.02 Å². The lowest BCUT2D eigenvalue weighted by atomic mass is 10.2. The van der Waals surface area contributed by atoms with E-state index in [9.17, 15) is 9.18 Å². The summed E-state index contributed by atoms with van der Waals surface area (Å²) < 4.78 is 18.6. The Kier molecular flexibility index (Phi) is 4.96. The zero-order valence-electron chi connectivity index (χ0n) is 10.6. The Morgan fingerprint density at radius 1 is 1.15 bits per heavy atom. The van der Waals surface area contributed by atoms with Gasteiger partial charge in [0, 0.05) is 17.1 Å². The molecule has 0 radical (unpaired) electrons. The van der Waals surface area contributed by atoms with Crippen LogP contribution in [0.25, 0.3) is 0 Å². The van der Waals surface area contributed by atoms with Crippen molar-refractivity contribution in [2.45, 2.75) is 6.54 Å². The second kappa shape index (κ2) is 6.91. The highest BCUT2D eigenvalue weighted by molar-refractivity contribution is 6.30. The molecule has 2 aromatic carbocycles. The van der Waals surface area contributed by atoms with Crippen LogP contribution in [0.3, 0.4) is 0 Å². The highest BCUT2D eigenvalue weighted by Gasteiger charge is 2.05. The normalized spacial score (nSPS) is 10.1. The molecular formula is C15H13ClFNO2. The van der Waals surface area contributed by atoms with Crippen molar-refractivity contribution < 1.29 is 13.9 Å². The molecule has 0 spiro atoms. The number of carbonyl (C=O) groups is 1. The topological polar surface area (TPSA) is 38.3 Å². The molecule has 0 aliphatic heterocycles. The molecular weight excluding hydrogens is 281 g/mol. The lowest BCUT2D eigenvalue weighted by Crippen LogP contribution is -2.28. The number of amides is 1. The summed E-state index contributed by atoms with van der Waals surface area (Å²) in [7, 11) is 0. The standard InChI is InChI=1S/C15H13ClFNO2/c16-12-5-7-13(8-6-12)20-10-15(19)18-9-11-3-1-2-4-14(11)17/h1-8H,9-10H2,(H,18,19). The zero-order valence-corrected chi connectivity index (χ0v) is 11.4. The molecule has 0 fully saturated rings. The van der Waals surface area contributed by atoms with Gasteiger partial charge in [-0.2, -0.15) is 0 Å². The lowest BCUT2D eigenvalue weighted by molar-refractivity contribution is -0.123. The summed E-state index contributed by atoms with van der Waals surface area (Å²) in [5.41, 5.74) is 0.437. The Balaban J connectivity index is 1.78. The number of ether oxygens (including phenoxy) is 1. The molecule has 1 amide bonds. The molecule has 0 unspecified atom stereocenters. The first kappa shape index (κ1) is 14.3.